The Labute approximate surface area is 134 Å². The highest BCUT2D eigenvalue weighted by atomic mass is 16.2. The Bertz CT molecular complexity index is 620. The number of nitrogens with two attached hydrogens (primary N) is 1. The molecule has 0 spiro atoms. The van der Waals surface area contributed by atoms with Gasteiger partial charge in [0.15, 0.2) is 0 Å². The Morgan fingerprint density at radius 1 is 1.39 bits per heavy atom. The summed E-state index contributed by atoms with van der Waals surface area (Å²) in [5.41, 5.74) is 5.17. The average molecular weight is 321 g/mol. The maximum Gasteiger partial charge on any atom is 0.263 e. The smallest absolute Gasteiger partial charge is 0.263 e. The third-order valence-corrected chi connectivity index (χ3v) is 4.27. The first kappa shape index (κ1) is 17.1. The van der Waals surface area contributed by atoms with Crippen LogP contribution in [0.2, 0.25) is 0 Å². The molecule has 2 rings (SSSR count). The fraction of sp³-hybridized carbons (Fsp3) is 0.600. The third kappa shape index (κ3) is 4.16. The zero-order valence-electron chi connectivity index (χ0n) is 13.4. The van der Waals surface area contributed by atoms with Crippen molar-refractivity contribution in [2.75, 3.05) is 13.1 Å². The van der Waals surface area contributed by atoms with E-state index in [1.54, 1.807) is 11.8 Å². The molecule has 8 nitrogen and oxygen atoms in total. The van der Waals surface area contributed by atoms with Crippen molar-refractivity contribution in [3.63, 3.8) is 0 Å². The van der Waals surface area contributed by atoms with Gasteiger partial charge in [-0.1, -0.05) is 0 Å². The van der Waals surface area contributed by atoms with Gasteiger partial charge >= 0.3 is 0 Å². The molecule has 1 aromatic heterocycles. The highest BCUT2D eigenvalue weighted by Crippen LogP contribution is 2.21. The number of piperidine rings is 1. The van der Waals surface area contributed by atoms with Crippen LogP contribution in [0.5, 0.6) is 0 Å². The summed E-state index contributed by atoms with van der Waals surface area (Å²) >= 11 is 0. The summed E-state index contributed by atoms with van der Waals surface area (Å²) < 4.78 is 0. The second kappa shape index (κ2) is 7.36. The number of H-pyrrole nitrogens is 1. The van der Waals surface area contributed by atoms with E-state index in [1.807, 2.05) is 6.92 Å². The van der Waals surface area contributed by atoms with Crippen LogP contribution in [-0.2, 0) is 4.79 Å². The van der Waals surface area contributed by atoms with Gasteiger partial charge in [0.1, 0.15) is 5.56 Å². The number of nitrogens with one attached hydrogen (secondary N) is 2. The molecule has 0 aromatic carbocycles. The zero-order valence-corrected chi connectivity index (χ0v) is 13.4. The van der Waals surface area contributed by atoms with Gasteiger partial charge in [-0.25, -0.2) is 4.98 Å². The van der Waals surface area contributed by atoms with Crippen molar-refractivity contribution in [1.29, 1.82) is 0 Å². The summed E-state index contributed by atoms with van der Waals surface area (Å²) in [6, 6.07) is -0.573. The van der Waals surface area contributed by atoms with Crippen molar-refractivity contribution in [2.45, 2.75) is 38.8 Å². The van der Waals surface area contributed by atoms with Crippen molar-refractivity contribution in [1.82, 2.24) is 20.2 Å². The second-order valence-corrected chi connectivity index (χ2v) is 6.01. The van der Waals surface area contributed by atoms with E-state index < -0.39 is 17.5 Å². The van der Waals surface area contributed by atoms with Gasteiger partial charge in [0, 0.05) is 25.3 Å². The molecular weight excluding hydrogens is 298 g/mol. The number of rotatable bonds is 4. The minimum Gasteiger partial charge on any atom is -0.349 e. The van der Waals surface area contributed by atoms with Crippen LogP contribution in [0.1, 0.15) is 37.0 Å². The molecule has 4 N–H and O–H groups in total. The van der Waals surface area contributed by atoms with Crippen LogP contribution < -0.4 is 16.6 Å². The molecule has 1 aromatic rings. The quantitative estimate of drug-likeness (QED) is 0.688. The molecule has 2 atom stereocenters. The number of carbonyl (C=O) groups excluding carboxylic acids is 2. The Morgan fingerprint density at radius 3 is 2.61 bits per heavy atom. The molecule has 1 aliphatic heterocycles. The highest BCUT2D eigenvalue weighted by molar-refractivity contribution is 5.93. The van der Waals surface area contributed by atoms with Crippen molar-refractivity contribution >= 4 is 11.8 Å². The molecular formula is C15H23N5O3. The summed E-state index contributed by atoms with van der Waals surface area (Å²) in [4.78, 5) is 43.5. The van der Waals surface area contributed by atoms with Gasteiger partial charge in [-0.2, -0.15) is 0 Å². The molecule has 2 heterocycles. The van der Waals surface area contributed by atoms with Crippen molar-refractivity contribution in [3.8, 4) is 0 Å². The number of hydrogen-bond donors (Lipinski definition) is 3. The van der Waals surface area contributed by atoms with Crippen LogP contribution in [0.25, 0.3) is 0 Å². The van der Waals surface area contributed by atoms with E-state index in [-0.39, 0.29) is 23.4 Å². The molecule has 1 fully saturated rings. The fourth-order valence-electron chi connectivity index (χ4n) is 2.82. The third-order valence-electron chi connectivity index (χ3n) is 4.27. The Balaban J connectivity index is 1.89. The van der Waals surface area contributed by atoms with Crippen molar-refractivity contribution < 1.29 is 9.59 Å². The number of likely N-dealkylation sites (tertiary alicyclic amines) is 1. The van der Waals surface area contributed by atoms with E-state index in [1.165, 1.54) is 12.5 Å². The monoisotopic (exact) mass is 321 g/mol. The van der Waals surface area contributed by atoms with Gasteiger partial charge in [-0.05, 0) is 32.6 Å². The molecule has 0 bridgehead atoms. The standard InChI is InChI=1S/C15H23N5O3/c1-9(16)15(23)20-5-3-11(4-6-20)10(2)19-14(22)12-7-17-8-18-13(12)21/h7-11H,3-6,16H2,1-2H3,(H,19,22)(H,17,18,21). The molecule has 2 amide bonds. The van der Waals surface area contributed by atoms with Crippen LogP contribution >= 0.6 is 0 Å². The van der Waals surface area contributed by atoms with E-state index in [2.05, 4.69) is 15.3 Å². The number of hydrogen-bond acceptors (Lipinski definition) is 5. The Kier molecular flexibility index (Phi) is 5.49. The van der Waals surface area contributed by atoms with E-state index >= 15 is 0 Å². The van der Waals surface area contributed by atoms with E-state index in [4.69, 9.17) is 5.73 Å². The summed E-state index contributed by atoms with van der Waals surface area (Å²) in [5.74, 6) is -0.213. The molecule has 23 heavy (non-hydrogen) atoms. The second-order valence-electron chi connectivity index (χ2n) is 6.01. The van der Waals surface area contributed by atoms with Gasteiger partial charge in [0.05, 0.1) is 12.4 Å². The van der Waals surface area contributed by atoms with Crippen LogP contribution in [0.4, 0.5) is 0 Å². The average Bonchev–Trinajstić information content (AvgIpc) is 2.54. The Morgan fingerprint density at radius 2 is 2.04 bits per heavy atom. The summed E-state index contributed by atoms with van der Waals surface area (Å²) in [5, 5.41) is 2.85. The highest BCUT2D eigenvalue weighted by Gasteiger charge is 2.28. The maximum atomic E-state index is 12.1. The topological polar surface area (TPSA) is 121 Å². The SMILES string of the molecule is CC(N)C(=O)N1CCC(C(C)NC(=O)c2cnc[nH]c2=O)CC1. The van der Waals surface area contributed by atoms with Crippen LogP contribution in [0, 0.1) is 5.92 Å². The van der Waals surface area contributed by atoms with Crippen molar-refractivity contribution in [2.24, 2.45) is 11.7 Å². The lowest BCUT2D eigenvalue weighted by molar-refractivity contribution is -0.133. The minimum atomic E-state index is -0.485. The van der Waals surface area contributed by atoms with E-state index in [0.717, 1.165) is 12.8 Å². The fourth-order valence-corrected chi connectivity index (χ4v) is 2.82. The number of nitrogens with zero attached hydrogens (tertiary/aromatic N) is 2. The summed E-state index contributed by atoms with van der Waals surface area (Å²) in [7, 11) is 0. The number of aromatic amines is 1. The summed E-state index contributed by atoms with van der Waals surface area (Å²) in [6.07, 6.45) is 4.09. The van der Waals surface area contributed by atoms with E-state index in [9.17, 15) is 14.4 Å². The molecule has 1 aliphatic rings. The van der Waals surface area contributed by atoms with Crippen molar-refractivity contribution in [3.05, 3.63) is 28.4 Å². The first-order valence-electron chi connectivity index (χ1n) is 7.78. The molecule has 126 valence electrons. The number of carbonyl (C=O) groups is 2. The molecule has 0 radical (unpaired) electrons. The summed E-state index contributed by atoms with van der Waals surface area (Å²) in [6.45, 7) is 4.87. The first-order valence-corrected chi connectivity index (χ1v) is 7.78. The van der Waals surface area contributed by atoms with Gasteiger partial charge in [0.25, 0.3) is 11.5 Å². The van der Waals surface area contributed by atoms with Crippen LogP contribution in [0.3, 0.4) is 0 Å². The maximum absolute atomic E-state index is 12.1. The number of aromatic nitrogens is 2. The van der Waals surface area contributed by atoms with Crippen LogP contribution in [0.15, 0.2) is 17.3 Å². The largest absolute Gasteiger partial charge is 0.349 e. The lowest BCUT2D eigenvalue weighted by atomic mass is 9.90. The van der Waals surface area contributed by atoms with E-state index in [0.29, 0.717) is 13.1 Å². The Hall–Kier alpha value is -2.22. The molecule has 1 saturated heterocycles. The first-order chi connectivity index (χ1) is 10.9. The molecule has 8 heteroatoms. The lowest BCUT2D eigenvalue weighted by Crippen LogP contribution is -2.49. The van der Waals surface area contributed by atoms with Gasteiger partial charge in [-0.3, -0.25) is 14.4 Å². The molecule has 2 unspecified atom stereocenters. The van der Waals surface area contributed by atoms with Gasteiger partial charge in [-0.15, -0.1) is 0 Å². The zero-order chi connectivity index (χ0) is 17.0. The van der Waals surface area contributed by atoms with Crippen LogP contribution in [-0.4, -0.2) is 51.9 Å². The lowest BCUT2D eigenvalue weighted by Gasteiger charge is -2.35. The normalized spacial score (nSPS) is 18.3. The predicted molar refractivity (Wildman–Crippen MR) is 84.7 cm³/mol. The molecule has 0 aliphatic carbocycles. The van der Waals surface area contributed by atoms with Gasteiger partial charge < -0.3 is 20.9 Å². The van der Waals surface area contributed by atoms with Gasteiger partial charge in [0.2, 0.25) is 5.91 Å². The number of amides is 2. The minimum absolute atomic E-state index is 0.00363. The predicted octanol–water partition coefficient (Wildman–Crippen LogP) is -0.526. The molecule has 0 saturated carbocycles.